The fraction of sp³-hybridized carbons (Fsp3) is 0.0667. The van der Waals surface area contributed by atoms with Crippen molar-refractivity contribution >= 4 is 44.1 Å². The van der Waals surface area contributed by atoms with Crippen LogP contribution >= 0.6 is 27.5 Å². The minimum atomic E-state index is 0.750. The molecule has 4 heteroatoms. The highest BCUT2D eigenvalue weighted by Crippen LogP contribution is 2.27. The third-order valence-electron chi connectivity index (χ3n) is 3.15. The number of anilines is 1. The van der Waals surface area contributed by atoms with Crippen LogP contribution in [0.25, 0.3) is 10.9 Å². The molecule has 0 spiro atoms. The van der Waals surface area contributed by atoms with Crippen LogP contribution in [0.3, 0.4) is 0 Å². The van der Waals surface area contributed by atoms with Crippen molar-refractivity contribution in [3.63, 3.8) is 0 Å². The Balaban J connectivity index is 2.03. The Morgan fingerprint density at radius 1 is 1.16 bits per heavy atom. The SMILES string of the molecule is Nc1cc(Cn2cc(Cl)c3ccccc32)ccc1Br. The predicted octanol–water partition coefficient (Wildman–Crippen LogP) is 4.69. The zero-order chi connectivity index (χ0) is 13.4. The summed E-state index contributed by atoms with van der Waals surface area (Å²) in [5.41, 5.74) is 8.94. The maximum Gasteiger partial charge on any atom is 0.0661 e. The summed E-state index contributed by atoms with van der Waals surface area (Å²) < 4.78 is 3.06. The van der Waals surface area contributed by atoms with E-state index in [1.165, 1.54) is 0 Å². The molecule has 2 N–H and O–H groups in total. The monoisotopic (exact) mass is 334 g/mol. The molecule has 1 aromatic heterocycles. The quantitative estimate of drug-likeness (QED) is 0.677. The average molecular weight is 336 g/mol. The molecule has 0 saturated heterocycles. The van der Waals surface area contributed by atoms with E-state index in [1.807, 2.05) is 36.5 Å². The number of benzene rings is 2. The maximum atomic E-state index is 6.25. The molecule has 0 bridgehead atoms. The summed E-state index contributed by atoms with van der Waals surface area (Å²) in [5, 5.41) is 1.86. The van der Waals surface area contributed by atoms with Gasteiger partial charge in [0.15, 0.2) is 0 Å². The Morgan fingerprint density at radius 2 is 1.95 bits per heavy atom. The molecule has 19 heavy (non-hydrogen) atoms. The lowest BCUT2D eigenvalue weighted by atomic mass is 10.2. The summed E-state index contributed by atoms with van der Waals surface area (Å²) in [6.07, 6.45) is 1.96. The molecule has 3 rings (SSSR count). The molecule has 0 aliphatic carbocycles. The molecule has 0 fully saturated rings. The van der Waals surface area contributed by atoms with Crippen molar-refractivity contribution in [2.24, 2.45) is 0 Å². The minimum absolute atomic E-state index is 0.750. The van der Waals surface area contributed by atoms with E-state index in [1.54, 1.807) is 0 Å². The Morgan fingerprint density at radius 3 is 2.74 bits per heavy atom. The summed E-state index contributed by atoms with van der Waals surface area (Å²) >= 11 is 9.65. The van der Waals surface area contributed by atoms with Crippen LogP contribution in [0.15, 0.2) is 53.1 Å². The number of nitrogens with zero attached hydrogens (tertiary/aromatic N) is 1. The van der Waals surface area contributed by atoms with Gasteiger partial charge < -0.3 is 10.3 Å². The number of rotatable bonds is 2. The van der Waals surface area contributed by atoms with Gasteiger partial charge in [-0.1, -0.05) is 35.9 Å². The van der Waals surface area contributed by atoms with Crippen LogP contribution in [0.5, 0.6) is 0 Å². The molecule has 0 aliphatic rings. The minimum Gasteiger partial charge on any atom is -0.398 e. The van der Waals surface area contributed by atoms with Crippen molar-refractivity contribution in [3.8, 4) is 0 Å². The molecule has 0 aliphatic heterocycles. The van der Waals surface area contributed by atoms with Gasteiger partial charge in [0.25, 0.3) is 0 Å². The Hall–Kier alpha value is -1.45. The van der Waals surface area contributed by atoms with E-state index in [9.17, 15) is 0 Å². The number of nitrogens with two attached hydrogens (primary N) is 1. The number of aromatic nitrogens is 1. The lowest BCUT2D eigenvalue weighted by Crippen LogP contribution is -1.99. The van der Waals surface area contributed by atoms with Crippen LogP contribution in [0.1, 0.15) is 5.56 Å². The van der Waals surface area contributed by atoms with E-state index in [2.05, 4.69) is 32.6 Å². The molecule has 0 atom stereocenters. The molecular weight excluding hydrogens is 324 g/mol. The van der Waals surface area contributed by atoms with Crippen LogP contribution < -0.4 is 5.73 Å². The molecule has 1 heterocycles. The van der Waals surface area contributed by atoms with Gasteiger partial charge in [0.05, 0.1) is 5.02 Å². The van der Waals surface area contributed by atoms with Gasteiger partial charge in [-0.2, -0.15) is 0 Å². The number of nitrogen functional groups attached to an aromatic ring is 1. The first-order valence-electron chi connectivity index (χ1n) is 5.92. The zero-order valence-electron chi connectivity index (χ0n) is 10.1. The lowest BCUT2D eigenvalue weighted by molar-refractivity contribution is 0.837. The summed E-state index contributed by atoms with van der Waals surface area (Å²) in [5.74, 6) is 0. The molecule has 0 saturated carbocycles. The van der Waals surface area contributed by atoms with Crippen LogP contribution in [0.2, 0.25) is 5.02 Å². The second kappa shape index (κ2) is 4.91. The fourth-order valence-corrected chi connectivity index (χ4v) is 2.75. The van der Waals surface area contributed by atoms with Crippen LogP contribution in [0.4, 0.5) is 5.69 Å². The molecule has 96 valence electrons. The van der Waals surface area contributed by atoms with E-state index in [0.717, 1.165) is 38.2 Å². The Labute approximate surface area is 124 Å². The maximum absolute atomic E-state index is 6.25. The van der Waals surface area contributed by atoms with Crippen molar-refractivity contribution in [1.82, 2.24) is 4.57 Å². The topological polar surface area (TPSA) is 30.9 Å². The van der Waals surface area contributed by atoms with Gasteiger partial charge in [-0.3, -0.25) is 0 Å². The lowest BCUT2D eigenvalue weighted by Gasteiger charge is -2.07. The van der Waals surface area contributed by atoms with Gasteiger partial charge in [-0.25, -0.2) is 0 Å². The summed E-state index contributed by atoms with van der Waals surface area (Å²) in [6, 6.07) is 14.1. The fourth-order valence-electron chi connectivity index (χ4n) is 2.22. The van der Waals surface area contributed by atoms with Crippen LogP contribution in [0, 0.1) is 0 Å². The second-order valence-electron chi connectivity index (χ2n) is 4.48. The van der Waals surface area contributed by atoms with Crippen molar-refractivity contribution < 1.29 is 0 Å². The summed E-state index contributed by atoms with van der Waals surface area (Å²) in [6.45, 7) is 0.755. The highest BCUT2D eigenvalue weighted by molar-refractivity contribution is 9.10. The van der Waals surface area contributed by atoms with Crippen molar-refractivity contribution in [2.45, 2.75) is 6.54 Å². The standard InChI is InChI=1S/C15H12BrClN2/c16-12-6-5-10(7-14(12)18)8-19-9-13(17)11-3-1-2-4-15(11)19/h1-7,9H,8,18H2. The first-order valence-corrected chi connectivity index (χ1v) is 7.09. The predicted molar refractivity (Wildman–Crippen MR) is 84.6 cm³/mol. The number of para-hydroxylation sites is 1. The molecule has 2 nitrogen and oxygen atoms in total. The van der Waals surface area contributed by atoms with Gasteiger partial charge >= 0.3 is 0 Å². The Kier molecular flexibility index (Phi) is 3.25. The normalized spacial score (nSPS) is 11.1. The smallest absolute Gasteiger partial charge is 0.0661 e. The van der Waals surface area contributed by atoms with Crippen molar-refractivity contribution in [1.29, 1.82) is 0 Å². The van der Waals surface area contributed by atoms with Crippen molar-refractivity contribution in [2.75, 3.05) is 5.73 Å². The molecule has 0 amide bonds. The number of halogens is 2. The third kappa shape index (κ3) is 2.36. The van der Waals surface area contributed by atoms with Gasteiger partial charge in [0.2, 0.25) is 0 Å². The first-order chi connectivity index (χ1) is 9.15. The number of hydrogen-bond donors (Lipinski definition) is 1. The van der Waals surface area contributed by atoms with E-state index < -0.39 is 0 Å². The van der Waals surface area contributed by atoms with Gasteiger partial charge in [0, 0.05) is 33.8 Å². The van der Waals surface area contributed by atoms with Crippen LogP contribution in [-0.4, -0.2) is 4.57 Å². The third-order valence-corrected chi connectivity index (χ3v) is 4.18. The Bertz CT molecular complexity index is 749. The van der Waals surface area contributed by atoms with Crippen molar-refractivity contribution in [3.05, 3.63) is 63.7 Å². The number of fused-ring (bicyclic) bond motifs is 1. The van der Waals surface area contributed by atoms with Gasteiger partial charge in [-0.05, 0) is 39.7 Å². The second-order valence-corrected chi connectivity index (χ2v) is 5.74. The first kappa shape index (κ1) is 12.6. The molecule has 2 aromatic carbocycles. The summed E-state index contributed by atoms with van der Waals surface area (Å²) in [7, 11) is 0. The van der Waals surface area contributed by atoms with E-state index in [4.69, 9.17) is 17.3 Å². The average Bonchev–Trinajstić information content (AvgIpc) is 2.72. The summed E-state index contributed by atoms with van der Waals surface area (Å²) in [4.78, 5) is 0. The van der Waals surface area contributed by atoms with Gasteiger partial charge in [-0.15, -0.1) is 0 Å². The number of hydrogen-bond acceptors (Lipinski definition) is 1. The highest BCUT2D eigenvalue weighted by atomic mass is 79.9. The molecule has 3 aromatic rings. The van der Waals surface area contributed by atoms with E-state index in [-0.39, 0.29) is 0 Å². The zero-order valence-corrected chi connectivity index (χ0v) is 12.4. The van der Waals surface area contributed by atoms with E-state index in [0.29, 0.717) is 0 Å². The largest absolute Gasteiger partial charge is 0.398 e. The molecule has 0 radical (unpaired) electrons. The van der Waals surface area contributed by atoms with E-state index >= 15 is 0 Å². The molecular formula is C15H12BrClN2. The highest BCUT2D eigenvalue weighted by Gasteiger charge is 2.07. The molecule has 0 unspecified atom stereocenters. The van der Waals surface area contributed by atoms with Gasteiger partial charge in [0.1, 0.15) is 0 Å². The van der Waals surface area contributed by atoms with Crippen LogP contribution in [-0.2, 0) is 6.54 Å².